The number of hydrogen-bond acceptors (Lipinski definition) is 9. The van der Waals surface area contributed by atoms with Gasteiger partial charge in [0.25, 0.3) is 0 Å². The molecule has 0 atom stereocenters. The lowest BCUT2D eigenvalue weighted by atomic mass is 10.1. The van der Waals surface area contributed by atoms with Crippen LogP contribution in [0.4, 0.5) is 23.4 Å². The summed E-state index contributed by atoms with van der Waals surface area (Å²) in [5, 5.41) is 0. The molecule has 5 heterocycles. The monoisotopic (exact) mass is 390 g/mol. The fourth-order valence-electron chi connectivity index (χ4n) is 3.85. The van der Waals surface area contributed by atoms with Crippen LogP contribution in [0.1, 0.15) is 11.3 Å². The lowest BCUT2D eigenvalue weighted by Crippen LogP contribution is -2.37. The van der Waals surface area contributed by atoms with Crippen molar-refractivity contribution in [3.63, 3.8) is 0 Å². The number of hydrogen-bond donors (Lipinski definition) is 1. The minimum atomic E-state index is 0.266. The Bertz CT molecular complexity index is 1040. The van der Waals surface area contributed by atoms with Crippen molar-refractivity contribution in [2.45, 2.75) is 13.3 Å². The Labute approximate surface area is 168 Å². The zero-order valence-electron chi connectivity index (χ0n) is 16.2. The first-order valence-electron chi connectivity index (χ1n) is 9.71. The Hall–Kier alpha value is -3.33. The molecule has 29 heavy (non-hydrogen) atoms. The van der Waals surface area contributed by atoms with E-state index in [1.165, 1.54) is 0 Å². The van der Waals surface area contributed by atoms with Crippen LogP contribution in [0.5, 0.6) is 0 Å². The summed E-state index contributed by atoms with van der Waals surface area (Å²) in [6.45, 7) is 5.64. The largest absolute Gasteiger partial charge is 0.378 e. The fraction of sp³-hybridized carbons (Fsp3) is 0.350. The molecular formula is C20H22N8O. The summed E-state index contributed by atoms with van der Waals surface area (Å²) < 4.78 is 5.50. The summed E-state index contributed by atoms with van der Waals surface area (Å²) in [5.41, 5.74) is 10.5. The molecule has 3 aromatic heterocycles. The van der Waals surface area contributed by atoms with Gasteiger partial charge in [0.15, 0.2) is 0 Å². The maximum absolute atomic E-state index is 5.77. The number of aryl methyl sites for hydroxylation is 1. The van der Waals surface area contributed by atoms with Crippen molar-refractivity contribution in [1.82, 2.24) is 24.9 Å². The Morgan fingerprint density at radius 3 is 2.69 bits per heavy atom. The molecular weight excluding hydrogens is 368 g/mol. The van der Waals surface area contributed by atoms with Gasteiger partial charge in [-0.2, -0.15) is 4.98 Å². The van der Waals surface area contributed by atoms with Gasteiger partial charge in [0.1, 0.15) is 5.82 Å². The highest BCUT2D eigenvalue weighted by molar-refractivity contribution is 5.77. The average Bonchev–Trinajstić information content (AvgIpc) is 3.19. The maximum atomic E-state index is 5.77. The number of pyridine rings is 1. The van der Waals surface area contributed by atoms with Crippen molar-refractivity contribution in [2.24, 2.45) is 0 Å². The van der Waals surface area contributed by atoms with E-state index in [1.54, 1.807) is 12.4 Å². The molecule has 0 unspecified atom stereocenters. The van der Waals surface area contributed by atoms with Crippen LogP contribution in [0.25, 0.3) is 11.3 Å². The minimum absolute atomic E-state index is 0.266. The van der Waals surface area contributed by atoms with Gasteiger partial charge in [-0.05, 0) is 25.5 Å². The molecule has 0 radical (unpaired) electrons. The molecule has 148 valence electrons. The molecule has 2 N–H and O–H groups in total. The van der Waals surface area contributed by atoms with Crippen molar-refractivity contribution >= 4 is 23.4 Å². The lowest BCUT2D eigenvalue weighted by Gasteiger charge is -2.28. The number of ether oxygens (including phenoxy) is 1. The molecule has 0 amide bonds. The molecule has 2 aliphatic rings. The lowest BCUT2D eigenvalue weighted by molar-refractivity contribution is 0.122. The number of nitrogen functional groups attached to an aromatic ring is 1. The Kier molecular flexibility index (Phi) is 4.44. The molecule has 2 aliphatic heterocycles. The first kappa shape index (κ1) is 17.7. The molecule has 9 heteroatoms. The zero-order chi connectivity index (χ0) is 19.8. The van der Waals surface area contributed by atoms with E-state index in [-0.39, 0.29) is 5.95 Å². The van der Waals surface area contributed by atoms with Gasteiger partial charge in [0.2, 0.25) is 11.9 Å². The highest BCUT2D eigenvalue weighted by Gasteiger charge is 2.29. The van der Waals surface area contributed by atoms with Gasteiger partial charge in [-0.1, -0.05) is 0 Å². The van der Waals surface area contributed by atoms with E-state index < -0.39 is 0 Å². The van der Waals surface area contributed by atoms with E-state index in [2.05, 4.69) is 30.8 Å². The van der Waals surface area contributed by atoms with Gasteiger partial charge in [-0.25, -0.2) is 15.0 Å². The number of aromatic nitrogens is 5. The predicted molar refractivity (Wildman–Crippen MR) is 110 cm³/mol. The molecule has 0 saturated carbocycles. The standard InChI is InChI=1S/C20H22N8O/c1-13-16(12-23-19(21)24-13)17-15-4-6-28(14-3-2-5-22-11-14)18(15)26-20(25-17)27-7-9-29-10-8-27/h2-3,5,11-12H,4,6-10H2,1H3,(H2,21,23,24). The van der Waals surface area contributed by atoms with Gasteiger partial charge in [-0.15, -0.1) is 0 Å². The molecule has 3 aromatic rings. The zero-order valence-corrected chi connectivity index (χ0v) is 16.2. The van der Waals surface area contributed by atoms with Crippen LogP contribution in [0.2, 0.25) is 0 Å². The summed E-state index contributed by atoms with van der Waals surface area (Å²) in [6.07, 6.45) is 6.24. The van der Waals surface area contributed by atoms with Gasteiger partial charge < -0.3 is 20.3 Å². The van der Waals surface area contributed by atoms with Crippen LogP contribution in [0, 0.1) is 6.92 Å². The quantitative estimate of drug-likeness (QED) is 0.716. The number of anilines is 4. The second kappa shape index (κ2) is 7.25. The van der Waals surface area contributed by atoms with E-state index in [0.717, 1.165) is 60.1 Å². The summed E-state index contributed by atoms with van der Waals surface area (Å²) >= 11 is 0. The Morgan fingerprint density at radius 1 is 1.07 bits per heavy atom. The number of nitrogens with two attached hydrogens (primary N) is 1. The van der Waals surface area contributed by atoms with Crippen molar-refractivity contribution in [3.05, 3.63) is 42.0 Å². The van der Waals surface area contributed by atoms with Crippen molar-refractivity contribution in [2.75, 3.05) is 48.4 Å². The SMILES string of the molecule is Cc1nc(N)ncc1-c1nc(N2CCOCC2)nc2c1CCN2c1cccnc1. The molecule has 0 aromatic carbocycles. The van der Waals surface area contributed by atoms with E-state index in [9.17, 15) is 0 Å². The molecule has 1 saturated heterocycles. The smallest absolute Gasteiger partial charge is 0.228 e. The molecule has 5 rings (SSSR count). The average molecular weight is 390 g/mol. The maximum Gasteiger partial charge on any atom is 0.228 e. The van der Waals surface area contributed by atoms with Gasteiger partial charge in [-0.3, -0.25) is 4.98 Å². The topological polar surface area (TPSA) is 106 Å². The highest BCUT2D eigenvalue weighted by Crippen LogP contribution is 2.39. The van der Waals surface area contributed by atoms with Crippen LogP contribution in [-0.4, -0.2) is 57.8 Å². The second-order valence-corrected chi connectivity index (χ2v) is 7.11. The van der Waals surface area contributed by atoms with Crippen LogP contribution in [-0.2, 0) is 11.2 Å². The Morgan fingerprint density at radius 2 is 1.93 bits per heavy atom. The van der Waals surface area contributed by atoms with E-state index in [4.69, 9.17) is 20.4 Å². The summed E-state index contributed by atoms with van der Waals surface area (Å²) in [6, 6.07) is 3.99. The second-order valence-electron chi connectivity index (χ2n) is 7.11. The summed E-state index contributed by atoms with van der Waals surface area (Å²) in [4.78, 5) is 27.1. The van der Waals surface area contributed by atoms with E-state index >= 15 is 0 Å². The summed E-state index contributed by atoms with van der Waals surface area (Å²) in [7, 11) is 0. The molecule has 0 spiro atoms. The van der Waals surface area contributed by atoms with Crippen molar-refractivity contribution < 1.29 is 4.74 Å². The van der Waals surface area contributed by atoms with Crippen LogP contribution in [0.15, 0.2) is 30.7 Å². The minimum Gasteiger partial charge on any atom is -0.378 e. The van der Waals surface area contributed by atoms with E-state index in [1.807, 2.05) is 19.2 Å². The molecule has 0 aliphatic carbocycles. The van der Waals surface area contributed by atoms with Crippen molar-refractivity contribution in [3.8, 4) is 11.3 Å². The number of nitrogens with zero attached hydrogens (tertiary/aromatic N) is 7. The van der Waals surface area contributed by atoms with Crippen LogP contribution >= 0.6 is 0 Å². The Balaban J connectivity index is 1.67. The first-order valence-corrected chi connectivity index (χ1v) is 9.71. The third-order valence-electron chi connectivity index (χ3n) is 5.32. The van der Waals surface area contributed by atoms with Gasteiger partial charge in [0, 0.05) is 43.2 Å². The summed E-state index contributed by atoms with van der Waals surface area (Å²) in [5.74, 6) is 1.89. The van der Waals surface area contributed by atoms with Gasteiger partial charge >= 0.3 is 0 Å². The molecule has 0 bridgehead atoms. The number of morpholine rings is 1. The van der Waals surface area contributed by atoms with Gasteiger partial charge in [0.05, 0.1) is 36.5 Å². The fourth-order valence-corrected chi connectivity index (χ4v) is 3.85. The third-order valence-corrected chi connectivity index (χ3v) is 5.32. The van der Waals surface area contributed by atoms with Crippen LogP contribution < -0.4 is 15.5 Å². The number of rotatable bonds is 3. The van der Waals surface area contributed by atoms with Crippen molar-refractivity contribution in [1.29, 1.82) is 0 Å². The number of fused-ring (bicyclic) bond motifs is 1. The third kappa shape index (κ3) is 3.23. The van der Waals surface area contributed by atoms with E-state index in [0.29, 0.717) is 19.2 Å². The molecule has 9 nitrogen and oxygen atoms in total. The molecule has 1 fully saturated rings. The predicted octanol–water partition coefficient (Wildman–Crippen LogP) is 1.75. The normalized spacial score (nSPS) is 16.2. The highest BCUT2D eigenvalue weighted by atomic mass is 16.5. The first-order chi connectivity index (χ1) is 14.2. The van der Waals surface area contributed by atoms with Crippen LogP contribution in [0.3, 0.4) is 0 Å².